The lowest BCUT2D eigenvalue weighted by Crippen LogP contribution is -2.50. The van der Waals surface area contributed by atoms with Crippen LogP contribution in [0, 0.1) is 0 Å². The fourth-order valence-electron chi connectivity index (χ4n) is 10.1. The van der Waals surface area contributed by atoms with Crippen LogP contribution in [-0.4, -0.2) is 137 Å². The molecule has 1 amide bonds. The zero-order valence-corrected chi connectivity index (χ0v) is 45.0. The van der Waals surface area contributed by atoms with Crippen LogP contribution in [0.4, 0.5) is 23.3 Å². The maximum atomic E-state index is 13.1. The molecule has 4 aliphatic heterocycles. The number of H-pyrrole nitrogens is 1. The highest BCUT2D eigenvalue weighted by atomic mass is 32.2. The molecule has 4 aliphatic rings. The van der Waals surface area contributed by atoms with E-state index in [9.17, 15) is 56.3 Å². The molecule has 29 nitrogen and oxygen atoms in total. The summed E-state index contributed by atoms with van der Waals surface area (Å²) in [5.74, 6) is -0.551. The first-order valence-corrected chi connectivity index (χ1v) is 30.5. The second-order valence-corrected chi connectivity index (χ2v) is 25.3. The molecule has 4 aromatic rings. The fraction of sp³-hybridized carbons (Fsp3) is 0.581. The van der Waals surface area contributed by atoms with Crippen LogP contribution in [0.3, 0.4) is 0 Å². The van der Waals surface area contributed by atoms with Crippen LogP contribution < -0.4 is 46.9 Å². The standard InChI is InChI=1S/C43H61N10O19P3S/c1-4-51-15-9-11-24-17-27-31(19-29(24)51)69-32-20-30-26(18-28(32)47-27)25(23-76(65,66)67)21-43(2,3)52(30)16-10-12-34(54)45-13-7-5-6-8-14-46-42-48-35-38(49-41(44)50-39(35)57)53(42)40-37(56)36(55)33(70-40)22-68-74(61,62)72-75(63,64)71-73(58,59)60/h17-20,25,33,36-37,40,47,55-56H,4-16,21-23H2,1-3H3,(H8,44,45,50,54,57,58,59,60,61,62,63,64,65,66,67)/t25?,33-,36-,37-,40-/m1/s1. The number of fused-ring (bicyclic) bond motifs is 5. The Hall–Kier alpha value is -4.74. The van der Waals surface area contributed by atoms with Gasteiger partial charge in [0.05, 0.1) is 22.8 Å². The van der Waals surface area contributed by atoms with Gasteiger partial charge in [0.1, 0.15) is 42.4 Å². The van der Waals surface area contributed by atoms with E-state index in [0.717, 1.165) is 41.5 Å². The van der Waals surface area contributed by atoms with Gasteiger partial charge in [0.15, 0.2) is 28.9 Å². The van der Waals surface area contributed by atoms with Gasteiger partial charge in [-0.1, -0.05) is 12.8 Å². The second kappa shape index (κ2) is 22.5. The molecule has 8 rings (SSSR count). The van der Waals surface area contributed by atoms with Gasteiger partial charge in [0.2, 0.25) is 23.2 Å². The number of aliphatic hydroxyl groups excluding tert-OH is 2. The van der Waals surface area contributed by atoms with E-state index in [0.29, 0.717) is 79.7 Å². The van der Waals surface area contributed by atoms with Crippen molar-refractivity contribution in [2.24, 2.45) is 4.99 Å². The van der Waals surface area contributed by atoms with Crippen LogP contribution in [0.15, 0.2) is 34.1 Å². The molecule has 6 heterocycles. The van der Waals surface area contributed by atoms with Gasteiger partial charge in [-0.05, 0) is 70.6 Å². The molecule has 0 spiro atoms. The number of aromatic amines is 1. The molecular weight excluding hydrogens is 1090 g/mol. The molecular formula is C43H61N10O19P3S. The molecule has 0 bridgehead atoms. The number of carbonyl (C=O) groups excluding carboxylic acids is 1. The summed E-state index contributed by atoms with van der Waals surface area (Å²) in [6, 6.07) is 7.79. The lowest BCUT2D eigenvalue weighted by molar-refractivity contribution is -0.121. The van der Waals surface area contributed by atoms with Crippen LogP contribution >= 0.6 is 23.5 Å². The van der Waals surface area contributed by atoms with E-state index < -0.39 is 87.5 Å². The van der Waals surface area contributed by atoms with E-state index >= 15 is 0 Å². The highest BCUT2D eigenvalue weighted by molar-refractivity contribution is 7.85. The number of nitrogens with zero attached hydrogens (tertiary/aromatic N) is 6. The summed E-state index contributed by atoms with van der Waals surface area (Å²) >= 11 is 0. The number of aromatic nitrogens is 4. The van der Waals surface area contributed by atoms with E-state index in [-0.39, 0.29) is 41.9 Å². The molecule has 33 heteroatoms. The summed E-state index contributed by atoms with van der Waals surface area (Å²) < 4.78 is 99.2. The van der Waals surface area contributed by atoms with E-state index in [1.807, 2.05) is 32.0 Å². The number of aliphatic hydroxyl groups is 2. The molecule has 0 aliphatic carbocycles. The second-order valence-electron chi connectivity index (χ2n) is 19.5. The number of phosphoric ester groups is 1. The highest BCUT2D eigenvalue weighted by Gasteiger charge is 2.48. The van der Waals surface area contributed by atoms with Crippen molar-refractivity contribution in [1.29, 1.82) is 0 Å². The fourth-order valence-corrected chi connectivity index (χ4v) is 13.9. The minimum atomic E-state index is -5.85. The van der Waals surface area contributed by atoms with Crippen molar-refractivity contribution in [3.63, 3.8) is 0 Å². The molecule has 3 unspecified atom stereocenters. The zero-order valence-electron chi connectivity index (χ0n) is 41.5. The van der Waals surface area contributed by atoms with Gasteiger partial charge in [-0.3, -0.25) is 23.7 Å². The summed E-state index contributed by atoms with van der Waals surface area (Å²) in [7, 11) is -21.7. The van der Waals surface area contributed by atoms with Gasteiger partial charge in [0.25, 0.3) is 5.56 Å². The number of ether oxygens (including phenoxy) is 2. The van der Waals surface area contributed by atoms with Crippen molar-refractivity contribution < 1.29 is 83.9 Å². The molecule has 0 radical (unpaired) electrons. The van der Waals surface area contributed by atoms with Crippen LogP contribution in [0.25, 0.3) is 11.2 Å². The third-order valence-corrected chi connectivity index (χ3v) is 18.0. The number of benzene rings is 2. The first kappa shape index (κ1) is 57.4. The monoisotopic (exact) mass is 1150 g/mol. The van der Waals surface area contributed by atoms with E-state index in [2.05, 4.69) is 61.2 Å². The van der Waals surface area contributed by atoms with Crippen LogP contribution in [0.2, 0.25) is 0 Å². The summed E-state index contributed by atoms with van der Waals surface area (Å²) in [4.78, 5) is 80.6. The average molecular weight is 1150 g/mol. The highest BCUT2D eigenvalue weighted by Crippen LogP contribution is 2.66. The Kier molecular flexibility index (Phi) is 17.0. The third kappa shape index (κ3) is 13.6. The number of carbonyl (C=O) groups is 1. The summed E-state index contributed by atoms with van der Waals surface area (Å²) in [6.45, 7) is 7.92. The van der Waals surface area contributed by atoms with Crippen LogP contribution in [-0.2, 0) is 52.9 Å². The Morgan fingerprint density at radius 2 is 1.74 bits per heavy atom. The largest absolute Gasteiger partial charge is 0.748 e. The Balaban J connectivity index is 0.832. The number of imidazole rings is 1. The SMILES string of the molecule is CC[N+]1=c2cc3c(cc2CCC1)=Nc1cc2c(cc1O3)N(CCCC(=O)NCCCCCCNc1nc3c(=O)[nH]c(N)nc3n1[C@@H]1O[C@H](COP(=O)(O)OP(=O)(O)OP(=O)(O)O)[C@@H](O)[C@H]1O)C(C)(C)CC2CS(=O)(=O)[O-]. The summed E-state index contributed by atoms with van der Waals surface area (Å²) in [5, 5.41) is 29.6. The van der Waals surface area contributed by atoms with Crippen molar-refractivity contribution >= 4 is 73.9 Å². The normalized spacial score (nSPS) is 22.6. The number of nitrogen functional groups attached to an aromatic ring is 1. The van der Waals surface area contributed by atoms with Crippen molar-refractivity contribution in [3.05, 3.63) is 56.5 Å². The smallest absolute Gasteiger partial charge is 0.490 e. The summed E-state index contributed by atoms with van der Waals surface area (Å²) in [5.41, 5.74) is 7.18. The molecule has 11 N–H and O–H groups in total. The van der Waals surface area contributed by atoms with Gasteiger partial charge < -0.3 is 65.1 Å². The number of anilines is 3. The molecule has 418 valence electrons. The lowest BCUT2D eigenvalue weighted by atomic mass is 9.79. The van der Waals surface area contributed by atoms with Gasteiger partial charge in [-0.2, -0.15) is 13.6 Å². The third-order valence-electron chi connectivity index (χ3n) is 13.4. The minimum absolute atomic E-state index is 0.0576. The van der Waals surface area contributed by atoms with E-state index in [1.54, 1.807) is 0 Å². The molecule has 2 aromatic carbocycles. The average Bonchev–Trinajstić information content (AvgIpc) is 3.81. The van der Waals surface area contributed by atoms with Gasteiger partial charge >= 0.3 is 23.5 Å². The van der Waals surface area contributed by atoms with Crippen LogP contribution in [0.1, 0.15) is 95.4 Å². The molecule has 7 atom stereocenters. The maximum Gasteiger partial charge on any atom is 0.490 e. The zero-order chi connectivity index (χ0) is 55.1. The number of nitrogens with two attached hydrogens (primary N) is 1. The van der Waals surface area contributed by atoms with Crippen molar-refractivity contribution in [3.8, 4) is 11.5 Å². The first-order valence-electron chi connectivity index (χ1n) is 24.4. The number of amides is 1. The molecule has 76 heavy (non-hydrogen) atoms. The Morgan fingerprint density at radius 3 is 2.45 bits per heavy atom. The van der Waals surface area contributed by atoms with Crippen molar-refractivity contribution in [1.82, 2.24) is 29.4 Å². The van der Waals surface area contributed by atoms with Crippen molar-refractivity contribution in [2.75, 3.05) is 61.0 Å². The van der Waals surface area contributed by atoms with Gasteiger partial charge in [-0.15, -0.1) is 0 Å². The number of phosphoric acid groups is 3. The topological polar surface area (TPSA) is 425 Å². The minimum Gasteiger partial charge on any atom is -0.748 e. The van der Waals surface area contributed by atoms with Gasteiger partial charge in [0, 0.05) is 67.0 Å². The molecule has 1 saturated heterocycles. The number of nitrogens with one attached hydrogen (secondary N) is 3. The van der Waals surface area contributed by atoms with Crippen molar-refractivity contribution in [2.45, 2.75) is 115 Å². The van der Waals surface area contributed by atoms with E-state index in [1.165, 1.54) is 5.56 Å². The number of rotatable bonds is 23. The Bertz CT molecular complexity index is 3340. The Morgan fingerprint density at radius 1 is 1.00 bits per heavy atom. The molecule has 2 aromatic heterocycles. The Labute approximate surface area is 434 Å². The molecule has 0 saturated carbocycles. The predicted molar refractivity (Wildman–Crippen MR) is 269 cm³/mol. The first-order chi connectivity index (χ1) is 35.6. The van der Waals surface area contributed by atoms with Crippen LogP contribution in [0.5, 0.6) is 11.5 Å². The number of hydrogen-bond donors (Lipinski definition) is 10. The van der Waals surface area contributed by atoms with E-state index in [4.69, 9.17) is 30.0 Å². The molecule has 1 fully saturated rings. The lowest BCUT2D eigenvalue weighted by Gasteiger charge is -2.48. The quantitative estimate of drug-likeness (QED) is 0.0191. The number of hydrogen-bond acceptors (Lipinski definition) is 21. The number of unbranched alkanes of at least 4 members (excludes halogenated alkanes) is 3. The number of aryl methyl sites for hydroxylation is 1. The predicted octanol–water partition coefficient (Wildman–Crippen LogP) is 1.36. The maximum absolute atomic E-state index is 13.1. The van der Waals surface area contributed by atoms with Gasteiger partial charge in [-0.25, -0.2) is 36.7 Å². The summed E-state index contributed by atoms with van der Waals surface area (Å²) in [6.07, 6.45) is -1.37.